The molecule has 0 bridgehead atoms. The molecular weight excluding hydrogens is 336 g/mol. The fourth-order valence-electron chi connectivity index (χ4n) is 2.77. The van der Waals surface area contributed by atoms with Gasteiger partial charge in [-0.25, -0.2) is 9.97 Å². The Morgan fingerprint density at radius 2 is 2.04 bits per heavy atom. The molecule has 130 valence electrons. The summed E-state index contributed by atoms with van der Waals surface area (Å²) < 4.78 is 15.7. The highest BCUT2D eigenvalue weighted by Crippen LogP contribution is 2.30. The van der Waals surface area contributed by atoms with Gasteiger partial charge in [0.1, 0.15) is 12.1 Å². The Hall–Kier alpha value is -3.68. The van der Waals surface area contributed by atoms with Gasteiger partial charge in [-0.15, -0.1) is 0 Å². The van der Waals surface area contributed by atoms with Crippen molar-refractivity contribution < 1.29 is 18.8 Å². The maximum absolute atomic E-state index is 12.9. The van der Waals surface area contributed by atoms with Crippen LogP contribution in [0.3, 0.4) is 0 Å². The largest absolute Gasteiger partial charge is 0.497 e. The monoisotopic (exact) mass is 350 g/mol. The fourth-order valence-corrected chi connectivity index (χ4v) is 2.77. The van der Waals surface area contributed by atoms with Crippen molar-refractivity contribution >= 4 is 33.5 Å². The molecule has 0 fully saturated rings. The quantitative estimate of drug-likeness (QED) is 0.604. The summed E-state index contributed by atoms with van der Waals surface area (Å²) in [5.74, 6) is 0.642. The predicted molar refractivity (Wildman–Crippen MR) is 94.6 cm³/mol. The maximum Gasteiger partial charge on any atom is 0.257 e. The first kappa shape index (κ1) is 15.8. The van der Waals surface area contributed by atoms with Crippen LogP contribution in [0.1, 0.15) is 10.4 Å². The number of nitrogens with one attached hydrogen (secondary N) is 1. The van der Waals surface area contributed by atoms with Crippen LogP contribution in [-0.2, 0) is 0 Å². The van der Waals surface area contributed by atoms with Crippen molar-refractivity contribution in [2.75, 3.05) is 19.5 Å². The lowest BCUT2D eigenvalue weighted by atomic mass is 10.1. The van der Waals surface area contributed by atoms with Crippen LogP contribution in [0.15, 0.2) is 47.4 Å². The minimum absolute atomic E-state index is 0.345. The molecule has 0 spiro atoms. The second kappa shape index (κ2) is 6.32. The first-order valence-electron chi connectivity index (χ1n) is 7.72. The van der Waals surface area contributed by atoms with Crippen molar-refractivity contribution in [2.24, 2.45) is 0 Å². The lowest BCUT2D eigenvalue weighted by Gasteiger charge is -2.10. The van der Waals surface area contributed by atoms with E-state index in [-0.39, 0.29) is 5.91 Å². The van der Waals surface area contributed by atoms with Gasteiger partial charge in [-0.05, 0) is 18.2 Å². The fraction of sp³-hybridized carbons (Fsp3) is 0.111. The summed E-state index contributed by atoms with van der Waals surface area (Å²) in [4.78, 5) is 21.2. The summed E-state index contributed by atoms with van der Waals surface area (Å²) in [6.07, 6.45) is 2.92. The molecule has 0 aliphatic heterocycles. The summed E-state index contributed by atoms with van der Waals surface area (Å²) in [5, 5.41) is 7.98. The first-order chi connectivity index (χ1) is 12.7. The molecule has 8 heteroatoms. The van der Waals surface area contributed by atoms with Crippen LogP contribution in [0.25, 0.3) is 21.9 Å². The number of aromatic nitrogens is 3. The predicted octanol–water partition coefficient (Wildman–Crippen LogP) is 3.04. The average molecular weight is 350 g/mol. The van der Waals surface area contributed by atoms with E-state index >= 15 is 0 Å². The molecule has 2 heterocycles. The zero-order chi connectivity index (χ0) is 18.1. The number of anilines is 1. The van der Waals surface area contributed by atoms with Gasteiger partial charge in [0, 0.05) is 11.5 Å². The number of nitrogens with zero attached hydrogens (tertiary/aromatic N) is 3. The molecular formula is C18H14N4O4. The van der Waals surface area contributed by atoms with Gasteiger partial charge in [-0.1, -0.05) is 11.2 Å². The van der Waals surface area contributed by atoms with Gasteiger partial charge in [-0.3, -0.25) is 4.79 Å². The third-order valence-electron chi connectivity index (χ3n) is 3.98. The minimum Gasteiger partial charge on any atom is -0.497 e. The van der Waals surface area contributed by atoms with Crippen LogP contribution >= 0.6 is 0 Å². The van der Waals surface area contributed by atoms with Gasteiger partial charge >= 0.3 is 0 Å². The van der Waals surface area contributed by atoms with Crippen LogP contribution in [0, 0.1) is 0 Å². The molecule has 0 unspecified atom stereocenters. The Balaban J connectivity index is 1.78. The number of hydrogen-bond donors (Lipinski definition) is 1. The lowest BCUT2D eigenvalue weighted by Crippen LogP contribution is -2.13. The molecule has 4 rings (SSSR count). The molecule has 0 aliphatic carbocycles. The zero-order valence-electron chi connectivity index (χ0n) is 14.0. The third-order valence-corrected chi connectivity index (χ3v) is 3.98. The van der Waals surface area contributed by atoms with Gasteiger partial charge in [-0.2, -0.15) is 0 Å². The number of carbonyl (C=O) groups excluding carboxylic acids is 1. The summed E-state index contributed by atoms with van der Waals surface area (Å²) in [6, 6.07) is 8.68. The second-order valence-electron chi connectivity index (χ2n) is 5.46. The van der Waals surface area contributed by atoms with Crippen LogP contribution in [0.4, 0.5) is 5.69 Å². The van der Waals surface area contributed by atoms with E-state index in [1.165, 1.54) is 13.4 Å². The van der Waals surface area contributed by atoms with Gasteiger partial charge in [0.25, 0.3) is 5.91 Å². The van der Waals surface area contributed by atoms with Crippen molar-refractivity contribution in [2.45, 2.75) is 0 Å². The summed E-state index contributed by atoms with van der Waals surface area (Å²) in [5.41, 5.74) is 1.80. The number of methoxy groups -OCH3 is 2. The Labute approximate surface area is 147 Å². The number of hydrogen-bond acceptors (Lipinski definition) is 7. The number of benzene rings is 2. The molecule has 1 N–H and O–H groups in total. The number of fused-ring (bicyclic) bond motifs is 2. The van der Waals surface area contributed by atoms with Gasteiger partial charge in [0.05, 0.1) is 42.6 Å². The van der Waals surface area contributed by atoms with E-state index in [0.717, 1.165) is 5.39 Å². The Morgan fingerprint density at radius 1 is 1.15 bits per heavy atom. The number of carbonyl (C=O) groups is 1. The summed E-state index contributed by atoms with van der Waals surface area (Å²) in [6.45, 7) is 0. The second-order valence-corrected chi connectivity index (χ2v) is 5.46. The topological polar surface area (TPSA) is 99.4 Å². The van der Waals surface area contributed by atoms with E-state index in [1.807, 2.05) is 0 Å². The maximum atomic E-state index is 12.9. The Morgan fingerprint density at radius 3 is 2.85 bits per heavy atom. The van der Waals surface area contributed by atoms with E-state index in [9.17, 15) is 4.79 Å². The highest BCUT2D eigenvalue weighted by atomic mass is 16.5. The van der Waals surface area contributed by atoms with E-state index in [1.54, 1.807) is 43.6 Å². The number of para-hydroxylation sites is 1. The van der Waals surface area contributed by atoms with Crippen molar-refractivity contribution in [3.63, 3.8) is 0 Å². The van der Waals surface area contributed by atoms with Crippen LogP contribution in [0.2, 0.25) is 0 Å². The normalized spacial score (nSPS) is 10.8. The molecule has 2 aromatic heterocycles. The van der Waals surface area contributed by atoms with Crippen molar-refractivity contribution in [3.05, 3.63) is 48.4 Å². The Kier molecular flexibility index (Phi) is 3.85. The lowest BCUT2D eigenvalue weighted by molar-refractivity contribution is 0.102. The smallest absolute Gasteiger partial charge is 0.257 e. The van der Waals surface area contributed by atoms with E-state index in [4.69, 9.17) is 14.0 Å². The van der Waals surface area contributed by atoms with Gasteiger partial charge < -0.3 is 19.3 Å². The van der Waals surface area contributed by atoms with Crippen molar-refractivity contribution in [3.8, 4) is 11.6 Å². The SMILES string of the molecule is COc1cc(NC(=O)c2cccc3c(OC)ncnc23)c2oncc2c1. The highest BCUT2D eigenvalue weighted by molar-refractivity contribution is 6.14. The standard InChI is InChI=1S/C18H14N4O4/c1-24-11-6-10-8-21-26-16(10)14(7-11)22-17(23)12-4-3-5-13-15(12)19-9-20-18(13)25-2/h3-9H,1-2H3,(H,22,23). The number of amides is 1. The van der Waals surface area contributed by atoms with E-state index in [0.29, 0.717) is 39.4 Å². The molecule has 0 aliphatic rings. The molecule has 0 saturated heterocycles. The average Bonchev–Trinajstić information content (AvgIpc) is 3.15. The molecule has 8 nitrogen and oxygen atoms in total. The van der Waals surface area contributed by atoms with Crippen molar-refractivity contribution in [1.82, 2.24) is 15.1 Å². The summed E-state index contributed by atoms with van der Waals surface area (Å²) in [7, 11) is 3.07. The first-order valence-corrected chi connectivity index (χ1v) is 7.72. The molecule has 0 atom stereocenters. The van der Waals surface area contributed by atoms with Crippen LogP contribution in [0.5, 0.6) is 11.6 Å². The molecule has 26 heavy (non-hydrogen) atoms. The number of rotatable bonds is 4. The number of ether oxygens (including phenoxy) is 2. The molecule has 0 saturated carbocycles. The summed E-state index contributed by atoms with van der Waals surface area (Å²) >= 11 is 0. The van der Waals surface area contributed by atoms with Crippen LogP contribution in [-0.4, -0.2) is 35.3 Å². The highest BCUT2D eigenvalue weighted by Gasteiger charge is 2.17. The molecule has 1 amide bonds. The molecule has 4 aromatic rings. The third kappa shape index (κ3) is 2.57. The van der Waals surface area contributed by atoms with E-state index in [2.05, 4.69) is 20.4 Å². The molecule has 2 aromatic carbocycles. The minimum atomic E-state index is -0.345. The zero-order valence-corrected chi connectivity index (χ0v) is 14.0. The Bertz CT molecular complexity index is 1120. The van der Waals surface area contributed by atoms with E-state index < -0.39 is 0 Å². The van der Waals surface area contributed by atoms with Crippen LogP contribution < -0.4 is 14.8 Å². The molecule has 0 radical (unpaired) electrons. The van der Waals surface area contributed by atoms with Gasteiger partial charge in [0.15, 0.2) is 5.58 Å². The van der Waals surface area contributed by atoms with Crippen molar-refractivity contribution in [1.29, 1.82) is 0 Å². The van der Waals surface area contributed by atoms with Gasteiger partial charge in [0.2, 0.25) is 5.88 Å².